The summed E-state index contributed by atoms with van der Waals surface area (Å²) in [5, 5.41) is 0. The molecule has 15 heteroatoms. The van der Waals surface area contributed by atoms with Crippen molar-refractivity contribution in [1.82, 2.24) is 0 Å². The Hall–Kier alpha value is -0.933. The minimum absolute atomic E-state index is 0.840. The van der Waals surface area contributed by atoms with Crippen LogP contribution in [0.2, 0.25) is 0 Å². The van der Waals surface area contributed by atoms with E-state index in [1.807, 2.05) is 0 Å². The van der Waals surface area contributed by atoms with Crippen LogP contribution in [0.25, 0.3) is 0 Å². The first-order valence-corrected chi connectivity index (χ1v) is 8.90. The van der Waals surface area contributed by atoms with Gasteiger partial charge in [0.05, 0.1) is 0 Å². The van der Waals surface area contributed by atoms with Crippen molar-refractivity contribution in [2.24, 2.45) is 0 Å². The van der Waals surface area contributed by atoms with Gasteiger partial charge in [0.2, 0.25) is 5.83 Å². The fourth-order valence-corrected chi connectivity index (χ4v) is 4.29. The zero-order valence-electron chi connectivity index (χ0n) is 14.0. The van der Waals surface area contributed by atoms with Gasteiger partial charge in [-0.05, 0) is 20.8 Å². The van der Waals surface area contributed by atoms with E-state index in [0.29, 0.717) is 0 Å². The number of hydrogen-bond donors (Lipinski definition) is 0. The molecule has 0 amide bonds. The first-order chi connectivity index (χ1) is 12.0. The SMILES string of the molecule is CCO[Si](OCC)(OCC)C(F)(F)C(F)(F)C(F)(F)C(F)(F)C(F)=C(F)F. The van der Waals surface area contributed by atoms with Crippen LogP contribution in [0.15, 0.2) is 11.9 Å². The summed E-state index contributed by atoms with van der Waals surface area (Å²) in [6, 6.07) is 0. The third kappa shape index (κ3) is 4.10. The third-order valence-electron chi connectivity index (χ3n) is 3.01. The summed E-state index contributed by atoms with van der Waals surface area (Å²) in [6.07, 6.45) is -4.08. The molecule has 0 bridgehead atoms. The van der Waals surface area contributed by atoms with E-state index >= 15 is 0 Å². The summed E-state index contributed by atoms with van der Waals surface area (Å²) in [5.74, 6) is -25.7. The highest BCUT2D eigenvalue weighted by atomic mass is 28.4. The first kappa shape index (κ1) is 26.1. The number of alkyl halides is 8. The molecule has 0 aromatic carbocycles. The van der Waals surface area contributed by atoms with Crippen molar-refractivity contribution < 1.29 is 61.6 Å². The lowest BCUT2D eigenvalue weighted by Crippen LogP contribution is -2.74. The summed E-state index contributed by atoms with van der Waals surface area (Å²) < 4.78 is 160. The van der Waals surface area contributed by atoms with E-state index in [1.54, 1.807) is 0 Å². The second-order valence-electron chi connectivity index (χ2n) is 4.73. The Morgan fingerprint density at radius 2 is 1.00 bits per heavy atom. The number of hydrogen-bond acceptors (Lipinski definition) is 3. The topological polar surface area (TPSA) is 27.7 Å². The van der Waals surface area contributed by atoms with Crippen molar-refractivity contribution in [2.75, 3.05) is 19.8 Å². The number of allylic oxidation sites excluding steroid dienone is 1. The lowest BCUT2D eigenvalue weighted by Gasteiger charge is -2.41. The summed E-state index contributed by atoms with van der Waals surface area (Å²) in [5.41, 5.74) is -6.25. The van der Waals surface area contributed by atoms with Crippen LogP contribution in [0.1, 0.15) is 20.8 Å². The molecule has 0 fully saturated rings. The van der Waals surface area contributed by atoms with E-state index in [2.05, 4.69) is 13.3 Å². The fourth-order valence-electron chi connectivity index (χ4n) is 1.81. The molecule has 0 saturated heterocycles. The molecule has 0 N–H and O–H groups in total. The molecule has 0 heterocycles. The van der Waals surface area contributed by atoms with Gasteiger partial charge in [-0.2, -0.15) is 48.3 Å². The molecule has 0 aromatic heterocycles. The van der Waals surface area contributed by atoms with Crippen molar-refractivity contribution in [1.29, 1.82) is 0 Å². The van der Waals surface area contributed by atoms with Gasteiger partial charge in [-0.1, -0.05) is 0 Å². The standard InChI is InChI=1S/C12H15F11O3Si/c1-4-24-27(25-5-2,26-6-3)12(22,23)11(20,21)10(18,19)9(16,17)7(13)8(14)15/h4-6H2,1-3H3. The molecule has 0 unspecified atom stereocenters. The summed E-state index contributed by atoms with van der Waals surface area (Å²) in [7, 11) is -6.13. The van der Waals surface area contributed by atoms with E-state index in [-0.39, 0.29) is 0 Å². The summed E-state index contributed by atoms with van der Waals surface area (Å²) >= 11 is 0. The van der Waals surface area contributed by atoms with Crippen molar-refractivity contribution >= 4 is 8.80 Å². The van der Waals surface area contributed by atoms with Gasteiger partial charge in [0.25, 0.3) is 0 Å². The Labute approximate surface area is 147 Å². The molecule has 0 atom stereocenters. The van der Waals surface area contributed by atoms with E-state index < -0.39 is 63.8 Å². The van der Waals surface area contributed by atoms with Crippen molar-refractivity contribution in [2.45, 2.75) is 44.1 Å². The minimum atomic E-state index is -7.30. The predicted octanol–water partition coefficient (Wildman–Crippen LogP) is 5.19. The number of halogens is 11. The van der Waals surface area contributed by atoms with Crippen LogP contribution in [0.5, 0.6) is 0 Å². The van der Waals surface area contributed by atoms with E-state index in [9.17, 15) is 48.3 Å². The molecule has 162 valence electrons. The Balaban J connectivity index is 6.60. The van der Waals surface area contributed by atoms with Gasteiger partial charge in [0, 0.05) is 19.8 Å². The molecule has 0 aromatic rings. The van der Waals surface area contributed by atoms with Crippen LogP contribution in [-0.4, -0.2) is 51.9 Å². The quantitative estimate of drug-likeness (QED) is 0.324. The molecule has 27 heavy (non-hydrogen) atoms. The van der Waals surface area contributed by atoms with Crippen LogP contribution < -0.4 is 0 Å². The zero-order chi connectivity index (χ0) is 21.9. The molecular formula is C12H15F11O3Si. The van der Waals surface area contributed by atoms with Gasteiger partial charge in [0.15, 0.2) is 0 Å². The fraction of sp³-hybridized carbons (Fsp3) is 0.833. The molecule has 3 nitrogen and oxygen atoms in total. The first-order valence-electron chi connectivity index (χ1n) is 7.18. The highest BCUT2D eigenvalue weighted by molar-refractivity contribution is 6.63. The monoisotopic (exact) mass is 444 g/mol. The van der Waals surface area contributed by atoms with E-state index in [0.717, 1.165) is 20.8 Å². The molecule has 0 rings (SSSR count). The summed E-state index contributed by atoms with van der Waals surface area (Å²) in [4.78, 5) is 0. The Morgan fingerprint density at radius 1 is 0.667 bits per heavy atom. The van der Waals surface area contributed by atoms with Crippen LogP contribution in [-0.2, 0) is 13.3 Å². The van der Waals surface area contributed by atoms with Gasteiger partial charge < -0.3 is 13.3 Å². The maximum atomic E-state index is 14.4. The Bertz CT molecular complexity index is 518. The van der Waals surface area contributed by atoms with Gasteiger partial charge >= 0.3 is 38.2 Å². The van der Waals surface area contributed by atoms with Gasteiger partial charge in [-0.3, -0.25) is 0 Å². The summed E-state index contributed by atoms with van der Waals surface area (Å²) in [6.45, 7) is 0.360. The minimum Gasteiger partial charge on any atom is -0.370 e. The van der Waals surface area contributed by atoms with Crippen molar-refractivity contribution in [3.8, 4) is 0 Å². The van der Waals surface area contributed by atoms with E-state index in [4.69, 9.17) is 0 Å². The molecule has 0 radical (unpaired) electrons. The smallest absolute Gasteiger partial charge is 0.370 e. The molecule has 0 aliphatic carbocycles. The predicted molar refractivity (Wildman–Crippen MR) is 70.8 cm³/mol. The van der Waals surface area contributed by atoms with Gasteiger partial charge in [0.1, 0.15) is 0 Å². The highest BCUT2D eigenvalue weighted by Gasteiger charge is 2.89. The molecule has 0 aliphatic heterocycles. The second kappa shape index (κ2) is 8.61. The normalized spacial score (nSPS) is 14.4. The lowest BCUT2D eigenvalue weighted by molar-refractivity contribution is -0.352. The van der Waals surface area contributed by atoms with Crippen LogP contribution in [0.4, 0.5) is 48.3 Å². The average molecular weight is 444 g/mol. The van der Waals surface area contributed by atoms with Crippen LogP contribution in [0.3, 0.4) is 0 Å². The maximum Gasteiger partial charge on any atom is 0.582 e. The van der Waals surface area contributed by atoms with Crippen LogP contribution >= 0.6 is 0 Å². The molecule has 0 aliphatic rings. The van der Waals surface area contributed by atoms with Gasteiger partial charge in [-0.15, -0.1) is 0 Å². The molecular weight excluding hydrogens is 429 g/mol. The maximum absolute atomic E-state index is 14.4. The molecule has 0 spiro atoms. The highest BCUT2D eigenvalue weighted by Crippen LogP contribution is 2.57. The molecule has 0 saturated carbocycles. The van der Waals surface area contributed by atoms with Crippen molar-refractivity contribution in [3.05, 3.63) is 11.9 Å². The zero-order valence-corrected chi connectivity index (χ0v) is 15.0. The Morgan fingerprint density at radius 3 is 1.26 bits per heavy atom. The second-order valence-corrected chi connectivity index (χ2v) is 7.33. The third-order valence-corrected chi connectivity index (χ3v) is 6.10. The average Bonchev–Trinajstić information content (AvgIpc) is 2.53. The van der Waals surface area contributed by atoms with Crippen molar-refractivity contribution in [3.63, 3.8) is 0 Å². The lowest BCUT2D eigenvalue weighted by atomic mass is 10.0. The van der Waals surface area contributed by atoms with E-state index in [1.165, 1.54) is 0 Å². The number of rotatable bonds is 11. The van der Waals surface area contributed by atoms with Gasteiger partial charge in [-0.25, -0.2) is 0 Å². The largest absolute Gasteiger partial charge is 0.582 e. The Kier molecular flexibility index (Phi) is 8.31. The van der Waals surface area contributed by atoms with Crippen LogP contribution in [0, 0.1) is 0 Å².